The fourth-order valence-corrected chi connectivity index (χ4v) is 29.3. The van der Waals surface area contributed by atoms with Crippen molar-refractivity contribution >= 4 is 75.4 Å². The second kappa shape index (κ2) is 34.6. The highest BCUT2D eigenvalue weighted by Crippen LogP contribution is 2.64. The van der Waals surface area contributed by atoms with Crippen molar-refractivity contribution in [2.45, 2.75) is 387 Å². The normalized spacial score (nSPS) is 12.5. The van der Waals surface area contributed by atoms with Gasteiger partial charge in [-0.05, 0) is 874 Å². The van der Waals surface area contributed by atoms with Gasteiger partial charge < -0.3 is 0 Å². The summed E-state index contributed by atoms with van der Waals surface area (Å²) in [7, 11) is 0. The van der Waals surface area contributed by atoms with Crippen LogP contribution in [0.15, 0.2) is 0 Å². The second-order valence-corrected chi connectivity index (χ2v) is 47.3. The first-order chi connectivity index (χ1) is 67.1. The van der Waals surface area contributed by atoms with Crippen LogP contribution < -0.4 is 0 Å². The molecule has 17 aromatic rings. The van der Waals surface area contributed by atoms with E-state index >= 15 is 0 Å². The van der Waals surface area contributed by atoms with E-state index in [1.165, 1.54) is 487 Å². The molecule has 0 unspecified atom stereocenters. The standard InChI is InChI=1S/C75H86.C69H80/c1-30-31(2)46(17)61-58(42(30)13)29-59-43(14)40(11)54(25)72(73(59)61)75-69-52(23)38(9)36(7)50(21)67(69)74(68-51(22)37(8)39(10)53(24)70(68)75)71-57(28)56(27)66(64-48(19)34(5)35(6)49(20)65(64)71)63-55(26)41(12)45(16)60-44(15)32(3)33(4)47(18)62(60)63;1-28-30(3)42(15)56(43(16)31(28)4)58-52(25)53(26)65(60-46(19)34(7)33(6)45(18)59(58)60)68-61-47(20)35(8)37(10)49(22)63(61)69(64-50(23)38(11)36(9)48(21)62(64)68)66-51(24)39(12)41(14)55-27-54-40(13)29(2)32(5)44(17)57(54)67(55)66/h29H2,1-28H3;27H2,1-26H3. The Balaban J connectivity index is 0.000000190. The molecule has 0 N–H and O–H groups in total. The molecule has 0 bridgehead atoms. The van der Waals surface area contributed by atoms with Gasteiger partial charge >= 0.3 is 0 Å². The highest BCUT2D eigenvalue weighted by atomic mass is 14.4. The molecule has 144 heavy (non-hydrogen) atoms. The van der Waals surface area contributed by atoms with Gasteiger partial charge in [-0.15, -0.1) is 0 Å². The molecule has 0 radical (unpaired) electrons. The highest BCUT2D eigenvalue weighted by Gasteiger charge is 2.41. The average Bonchev–Trinajstić information content (AvgIpc) is 1.16. The van der Waals surface area contributed by atoms with Crippen molar-refractivity contribution in [2.75, 3.05) is 0 Å². The fraction of sp³-hybridized carbons (Fsp3) is 0.389. The largest absolute Gasteiger partial charge is 0.0447 e. The van der Waals surface area contributed by atoms with Crippen molar-refractivity contribution < 1.29 is 0 Å². The van der Waals surface area contributed by atoms with E-state index < -0.39 is 0 Å². The third-order valence-corrected chi connectivity index (χ3v) is 42.9. The lowest BCUT2D eigenvalue weighted by atomic mass is 9.71. The number of benzene rings is 17. The Kier molecular flexibility index (Phi) is 24.7. The molecule has 0 aromatic heterocycles. The summed E-state index contributed by atoms with van der Waals surface area (Å²) in [5.74, 6) is 0. The van der Waals surface area contributed by atoms with Crippen molar-refractivity contribution in [2.24, 2.45) is 0 Å². The maximum absolute atomic E-state index is 2.49. The highest BCUT2D eigenvalue weighted by molar-refractivity contribution is 6.33. The first-order valence-corrected chi connectivity index (χ1v) is 54.2. The van der Waals surface area contributed by atoms with Gasteiger partial charge in [-0.3, -0.25) is 0 Å². The summed E-state index contributed by atoms with van der Waals surface area (Å²) >= 11 is 0. The molecule has 2 aliphatic carbocycles. The minimum Gasteiger partial charge on any atom is -0.0447 e. The Hall–Kier alpha value is -11.4. The van der Waals surface area contributed by atoms with Crippen LogP contribution >= 0.6 is 0 Å². The van der Waals surface area contributed by atoms with Gasteiger partial charge in [0, 0.05) is 0 Å². The van der Waals surface area contributed by atoms with Crippen LogP contribution in [-0.2, 0) is 12.8 Å². The fourth-order valence-electron chi connectivity index (χ4n) is 29.3. The lowest BCUT2D eigenvalue weighted by Crippen LogP contribution is -2.09. The van der Waals surface area contributed by atoms with Gasteiger partial charge in [-0.1, -0.05) is 0 Å². The van der Waals surface area contributed by atoms with E-state index in [0.717, 1.165) is 12.8 Å². The van der Waals surface area contributed by atoms with Crippen LogP contribution in [0, 0.1) is 374 Å². The van der Waals surface area contributed by atoms with E-state index in [0.29, 0.717) is 0 Å². The zero-order chi connectivity index (χ0) is 106. The SMILES string of the molecule is Cc1c(C)c(C)c(-c2c(C)c(C)c(-c3c4c(C)c(C)c(C)c(C)c4c(-c4c(C)c(C)c(C)c5c4-c4c(C)c(C)c(C)c(C)c4C5)c4c(C)c(C)c(C)c(C)c34)c3c(C)c(C)c(C)c(C)c23)c(C)c1C.Cc1c(C)c(C)c2c(c1C)Cc1c(C)c(C)c(C)c(-c3c4c(C)c(C)c(C)c(C)c4c(-c4c(C)c(C)c(-c5c(C)c(C)c(C)c6c(C)c(C)c(C)c(C)c56)c5c(C)c(C)c(C)c(C)c45)c4c(C)c(C)c(C)c(C)c34)c1-2. The smallest absolute Gasteiger partial charge is 0.000766 e. The molecule has 0 aliphatic heterocycles. The number of aryl methyl sites for hydroxylation is 15. The molecule has 0 amide bonds. The molecule has 0 heterocycles. The summed E-state index contributed by atoms with van der Waals surface area (Å²) in [5, 5.41) is 20.1. The Labute approximate surface area is 867 Å². The van der Waals surface area contributed by atoms with Crippen molar-refractivity contribution in [1.82, 2.24) is 0 Å². The third kappa shape index (κ3) is 13.1. The maximum atomic E-state index is 2.49. The molecular weight excluding hydrogens is 1730 g/mol. The quantitative estimate of drug-likeness (QED) is 0.146. The van der Waals surface area contributed by atoms with Gasteiger partial charge in [0.1, 0.15) is 0 Å². The van der Waals surface area contributed by atoms with Crippen LogP contribution in [0.3, 0.4) is 0 Å². The van der Waals surface area contributed by atoms with E-state index in [4.69, 9.17) is 0 Å². The molecule has 742 valence electrons. The molecular formula is C144H166. The number of hydrogen-bond donors (Lipinski definition) is 0. The van der Waals surface area contributed by atoms with E-state index in [1.807, 2.05) is 0 Å². The van der Waals surface area contributed by atoms with Crippen LogP contribution in [0.2, 0.25) is 0 Å². The van der Waals surface area contributed by atoms with Gasteiger partial charge in [0.2, 0.25) is 0 Å². The van der Waals surface area contributed by atoms with Crippen molar-refractivity contribution in [1.29, 1.82) is 0 Å². The van der Waals surface area contributed by atoms with Crippen molar-refractivity contribution in [3.8, 4) is 89.0 Å². The predicted molar refractivity (Wildman–Crippen MR) is 640 cm³/mol. The van der Waals surface area contributed by atoms with Crippen LogP contribution in [-0.4, -0.2) is 0 Å². The Morgan fingerprint density at radius 1 is 0.0625 bits per heavy atom. The molecule has 0 fully saturated rings. The van der Waals surface area contributed by atoms with Crippen LogP contribution in [0.5, 0.6) is 0 Å². The molecule has 0 saturated heterocycles. The summed E-state index contributed by atoms with van der Waals surface area (Å²) in [4.78, 5) is 0. The van der Waals surface area contributed by atoms with Crippen LogP contribution in [0.4, 0.5) is 0 Å². The Morgan fingerprint density at radius 3 is 0.368 bits per heavy atom. The third-order valence-electron chi connectivity index (χ3n) is 42.9. The monoisotopic (exact) mass is 1900 g/mol. The molecule has 0 heteroatoms. The number of rotatable bonds is 6. The topological polar surface area (TPSA) is 0 Å². The molecule has 0 atom stereocenters. The first kappa shape index (κ1) is 103. The van der Waals surface area contributed by atoms with E-state index in [9.17, 15) is 0 Å². The van der Waals surface area contributed by atoms with Crippen LogP contribution in [0.25, 0.3) is 164 Å². The lowest BCUT2D eigenvalue weighted by Gasteiger charge is -2.32. The molecule has 0 spiro atoms. The molecule has 0 saturated carbocycles. The second-order valence-electron chi connectivity index (χ2n) is 47.3. The van der Waals surface area contributed by atoms with E-state index in [2.05, 4.69) is 374 Å². The summed E-state index contributed by atoms with van der Waals surface area (Å²) in [5.41, 5.74) is 106. The summed E-state index contributed by atoms with van der Waals surface area (Å²) in [6.07, 6.45) is 1.98. The predicted octanol–water partition coefficient (Wildman–Crippen LogP) is 41.2. The summed E-state index contributed by atoms with van der Waals surface area (Å²) < 4.78 is 0. The van der Waals surface area contributed by atoms with Gasteiger partial charge in [0.25, 0.3) is 0 Å². The van der Waals surface area contributed by atoms with Gasteiger partial charge in [0.15, 0.2) is 0 Å². The summed E-state index contributed by atoms with van der Waals surface area (Å²) in [6.45, 7) is 130. The van der Waals surface area contributed by atoms with E-state index in [1.54, 1.807) is 0 Å². The van der Waals surface area contributed by atoms with Gasteiger partial charge in [-0.2, -0.15) is 0 Å². The van der Waals surface area contributed by atoms with E-state index in [-0.39, 0.29) is 0 Å². The Bertz CT molecular complexity index is 8810. The number of fused-ring (bicyclic) bond motifs is 13. The Morgan fingerprint density at radius 2 is 0.160 bits per heavy atom. The van der Waals surface area contributed by atoms with Gasteiger partial charge in [-0.25, -0.2) is 0 Å². The van der Waals surface area contributed by atoms with Gasteiger partial charge in [0.05, 0.1) is 0 Å². The maximum Gasteiger partial charge on any atom is -0.000766 e. The minimum atomic E-state index is 0.987. The molecule has 19 rings (SSSR count). The average molecular weight is 1900 g/mol. The van der Waals surface area contributed by atoms with Crippen molar-refractivity contribution in [3.63, 3.8) is 0 Å². The zero-order valence-electron chi connectivity index (χ0n) is 99.4. The lowest BCUT2D eigenvalue weighted by molar-refractivity contribution is 1.12. The molecule has 17 aromatic carbocycles. The zero-order valence-corrected chi connectivity index (χ0v) is 99.4. The minimum absolute atomic E-state index is 0.987. The molecule has 0 nitrogen and oxygen atoms in total. The number of hydrogen-bond acceptors (Lipinski definition) is 0. The van der Waals surface area contributed by atoms with Crippen molar-refractivity contribution in [3.05, 3.63) is 323 Å². The van der Waals surface area contributed by atoms with Crippen LogP contribution in [0.1, 0.15) is 323 Å². The summed E-state index contributed by atoms with van der Waals surface area (Å²) in [6, 6.07) is 0. The molecule has 2 aliphatic rings. The first-order valence-electron chi connectivity index (χ1n) is 54.2.